The van der Waals surface area contributed by atoms with E-state index in [1.807, 2.05) is 92.7 Å². The molecule has 0 spiro atoms. The van der Waals surface area contributed by atoms with Gasteiger partial charge in [0.1, 0.15) is 17.2 Å². The van der Waals surface area contributed by atoms with E-state index in [4.69, 9.17) is 14.6 Å². The third kappa shape index (κ3) is 4.64. The van der Waals surface area contributed by atoms with E-state index in [1.54, 1.807) is 18.0 Å². The van der Waals surface area contributed by atoms with Crippen molar-refractivity contribution >= 4 is 11.6 Å². The average molecular weight is 428 g/mol. The lowest BCUT2D eigenvalue weighted by atomic mass is 10.1. The van der Waals surface area contributed by atoms with Crippen molar-refractivity contribution in [3.8, 4) is 28.4 Å². The van der Waals surface area contributed by atoms with Gasteiger partial charge in [-0.3, -0.25) is 4.79 Å². The summed E-state index contributed by atoms with van der Waals surface area (Å²) in [6.45, 7) is 3.94. The van der Waals surface area contributed by atoms with E-state index in [2.05, 4.69) is 5.32 Å². The molecule has 3 aromatic carbocycles. The van der Waals surface area contributed by atoms with Crippen LogP contribution in [0.5, 0.6) is 11.5 Å². The van der Waals surface area contributed by atoms with Crippen LogP contribution in [-0.2, 0) is 0 Å². The molecule has 1 aromatic heterocycles. The van der Waals surface area contributed by atoms with Gasteiger partial charge in [0.05, 0.1) is 24.5 Å². The highest BCUT2D eigenvalue weighted by Gasteiger charge is 2.21. The van der Waals surface area contributed by atoms with Gasteiger partial charge in [-0.2, -0.15) is 5.10 Å². The first-order valence-electron chi connectivity index (χ1n) is 10.4. The minimum absolute atomic E-state index is 0.0858. The van der Waals surface area contributed by atoms with Crippen molar-refractivity contribution < 1.29 is 14.3 Å². The number of carbonyl (C=O) groups is 1. The molecule has 1 N–H and O–H groups in total. The van der Waals surface area contributed by atoms with Crippen LogP contribution in [0, 0.1) is 0 Å². The van der Waals surface area contributed by atoms with Gasteiger partial charge in [-0.15, -0.1) is 0 Å². The van der Waals surface area contributed by atoms with E-state index < -0.39 is 0 Å². The third-order valence-electron chi connectivity index (χ3n) is 4.83. The van der Waals surface area contributed by atoms with Crippen LogP contribution in [0.15, 0.2) is 85.1 Å². The van der Waals surface area contributed by atoms with E-state index in [0.29, 0.717) is 22.7 Å². The van der Waals surface area contributed by atoms with Gasteiger partial charge < -0.3 is 14.8 Å². The first-order chi connectivity index (χ1) is 15.5. The Morgan fingerprint density at radius 3 is 2.31 bits per heavy atom. The maximum atomic E-state index is 13.3. The number of nitrogens with one attached hydrogen (secondary N) is 1. The fourth-order valence-electron chi connectivity index (χ4n) is 3.38. The van der Waals surface area contributed by atoms with Crippen LogP contribution in [0.4, 0.5) is 5.69 Å². The van der Waals surface area contributed by atoms with Gasteiger partial charge in [-0.1, -0.05) is 30.3 Å². The molecule has 1 amide bonds. The van der Waals surface area contributed by atoms with Gasteiger partial charge in [0.15, 0.2) is 0 Å². The molecule has 162 valence electrons. The molecular formula is C26H25N3O3. The molecule has 0 bridgehead atoms. The smallest absolute Gasteiger partial charge is 0.259 e. The first-order valence-corrected chi connectivity index (χ1v) is 10.4. The Kier molecular flexibility index (Phi) is 6.22. The zero-order valence-corrected chi connectivity index (χ0v) is 18.3. The Hall–Kier alpha value is -4.06. The zero-order valence-electron chi connectivity index (χ0n) is 18.3. The molecular weight excluding hydrogens is 402 g/mol. The highest BCUT2D eigenvalue weighted by molar-refractivity contribution is 6.08. The molecule has 0 aliphatic rings. The summed E-state index contributed by atoms with van der Waals surface area (Å²) in [5.41, 5.74) is 3.27. The van der Waals surface area contributed by atoms with Gasteiger partial charge in [-0.05, 0) is 62.4 Å². The number of para-hydroxylation sites is 2. The molecule has 4 rings (SSSR count). The minimum Gasteiger partial charge on any atom is -0.496 e. The Morgan fingerprint density at radius 2 is 1.62 bits per heavy atom. The van der Waals surface area contributed by atoms with Crippen molar-refractivity contribution in [2.45, 2.75) is 20.0 Å². The molecule has 0 saturated carbocycles. The average Bonchev–Trinajstić information content (AvgIpc) is 3.26. The molecule has 1 heterocycles. The maximum absolute atomic E-state index is 13.3. The number of aromatic nitrogens is 2. The normalized spacial score (nSPS) is 10.8. The van der Waals surface area contributed by atoms with Crippen LogP contribution in [0.2, 0.25) is 0 Å². The summed E-state index contributed by atoms with van der Waals surface area (Å²) in [5.74, 6) is 1.14. The minimum atomic E-state index is -0.259. The number of benzene rings is 3. The summed E-state index contributed by atoms with van der Waals surface area (Å²) in [4.78, 5) is 13.3. The standard InChI is InChI=1S/C26H25N3O3/c1-18(2)32-21-15-13-19(14-16-21)27-26(30)23-17-29(20-9-5-4-6-10-20)28-25(23)22-11-7-8-12-24(22)31-3/h4-18H,1-3H3,(H,27,30). The molecule has 6 heteroatoms. The van der Waals surface area contributed by atoms with Gasteiger partial charge in [0.25, 0.3) is 5.91 Å². The second-order valence-electron chi connectivity index (χ2n) is 7.52. The van der Waals surface area contributed by atoms with Crippen LogP contribution < -0.4 is 14.8 Å². The second-order valence-corrected chi connectivity index (χ2v) is 7.52. The lowest BCUT2D eigenvalue weighted by Gasteiger charge is -2.11. The lowest BCUT2D eigenvalue weighted by Crippen LogP contribution is -2.12. The summed E-state index contributed by atoms with van der Waals surface area (Å²) in [5, 5.41) is 7.69. The summed E-state index contributed by atoms with van der Waals surface area (Å²) < 4.78 is 12.9. The predicted molar refractivity (Wildman–Crippen MR) is 126 cm³/mol. The number of hydrogen-bond acceptors (Lipinski definition) is 4. The number of ether oxygens (including phenoxy) is 2. The highest BCUT2D eigenvalue weighted by atomic mass is 16.5. The molecule has 0 saturated heterocycles. The van der Waals surface area contributed by atoms with Crippen LogP contribution in [-0.4, -0.2) is 28.9 Å². The number of carbonyl (C=O) groups excluding carboxylic acids is 1. The Labute approximate surface area is 187 Å². The maximum Gasteiger partial charge on any atom is 0.259 e. The Morgan fingerprint density at radius 1 is 0.938 bits per heavy atom. The third-order valence-corrected chi connectivity index (χ3v) is 4.83. The van der Waals surface area contributed by atoms with Gasteiger partial charge >= 0.3 is 0 Å². The number of anilines is 1. The van der Waals surface area contributed by atoms with Crippen molar-refractivity contribution in [3.05, 3.63) is 90.6 Å². The van der Waals surface area contributed by atoms with Crippen LogP contribution >= 0.6 is 0 Å². The SMILES string of the molecule is COc1ccccc1-c1nn(-c2ccccc2)cc1C(=O)Nc1ccc(OC(C)C)cc1. The molecule has 0 radical (unpaired) electrons. The quantitative estimate of drug-likeness (QED) is 0.418. The monoisotopic (exact) mass is 427 g/mol. The summed E-state index contributed by atoms with van der Waals surface area (Å²) >= 11 is 0. The van der Waals surface area contributed by atoms with E-state index in [0.717, 1.165) is 17.0 Å². The van der Waals surface area contributed by atoms with Crippen LogP contribution in [0.1, 0.15) is 24.2 Å². The predicted octanol–water partition coefficient (Wildman–Crippen LogP) is 5.59. The zero-order chi connectivity index (χ0) is 22.5. The molecule has 0 atom stereocenters. The van der Waals surface area contributed by atoms with E-state index >= 15 is 0 Å². The molecule has 0 aliphatic carbocycles. The summed E-state index contributed by atoms with van der Waals surface area (Å²) in [6, 6.07) is 24.5. The van der Waals surface area contributed by atoms with E-state index in [1.165, 1.54) is 0 Å². The largest absolute Gasteiger partial charge is 0.496 e. The Balaban J connectivity index is 1.70. The number of nitrogens with zero attached hydrogens (tertiary/aromatic N) is 2. The van der Waals surface area contributed by atoms with Crippen LogP contribution in [0.25, 0.3) is 16.9 Å². The molecule has 4 aromatic rings. The highest BCUT2D eigenvalue weighted by Crippen LogP contribution is 2.32. The fraction of sp³-hybridized carbons (Fsp3) is 0.154. The number of amides is 1. The molecule has 0 fully saturated rings. The number of hydrogen-bond donors (Lipinski definition) is 1. The van der Waals surface area contributed by atoms with Crippen molar-refractivity contribution in [1.82, 2.24) is 9.78 Å². The fourth-order valence-corrected chi connectivity index (χ4v) is 3.38. The molecule has 0 unspecified atom stereocenters. The van der Waals surface area contributed by atoms with E-state index in [-0.39, 0.29) is 12.0 Å². The second kappa shape index (κ2) is 9.39. The van der Waals surface area contributed by atoms with E-state index in [9.17, 15) is 4.79 Å². The first kappa shape index (κ1) is 21.2. The van der Waals surface area contributed by atoms with Gasteiger partial charge in [0.2, 0.25) is 0 Å². The van der Waals surface area contributed by atoms with Gasteiger partial charge in [0, 0.05) is 17.4 Å². The van der Waals surface area contributed by atoms with Crippen molar-refractivity contribution in [3.63, 3.8) is 0 Å². The summed E-state index contributed by atoms with van der Waals surface area (Å²) in [6.07, 6.45) is 1.82. The molecule has 32 heavy (non-hydrogen) atoms. The summed E-state index contributed by atoms with van der Waals surface area (Å²) in [7, 11) is 1.60. The van der Waals surface area contributed by atoms with Crippen LogP contribution in [0.3, 0.4) is 0 Å². The number of rotatable bonds is 7. The molecule has 0 aliphatic heterocycles. The number of methoxy groups -OCH3 is 1. The van der Waals surface area contributed by atoms with Gasteiger partial charge in [-0.25, -0.2) is 4.68 Å². The van der Waals surface area contributed by atoms with Crippen molar-refractivity contribution in [2.75, 3.05) is 12.4 Å². The van der Waals surface area contributed by atoms with Crippen molar-refractivity contribution in [1.29, 1.82) is 0 Å². The Bertz CT molecular complexity index is 1200. The lowest BCUT2D eigenvalue weighted by molar-refractivity contribution is 0.102. The van der Waals surface area contributed by atoms with Crippen molar-refractivity contribution in [2.24, 2.45) is 0 Å². The topological polar surface area (TPSA) is 65.4 Å². The molecule has 6 nitrogen and oxygen atoms in total.